The van der Waals surface area contributed by atoms with Crippen molar-refractivity contribution in [2.24, 2.45) is 0 Å². The van der Waals surface area contributed by atoms with E-state index in [1.807, 2.05) is 6.07 Å². The van der Waals surface area contributed by atoms with Crippen LogP contribution in [0.4, 0.5) is 13.2 Å². The standard InChI is InChI=1S/C19H16N8O2S.C2HF3O2/c20-6-5-19(11-26(12-19)30(28,29)16-3-1-2-7-21-16)27-10-14(9-25-27)17-15-4-8-22-18(15)24-13-23-17;3-2(4,5)1(6)7/h1-4,7-10,13H,5,11-12H2,(H,22,23,24);(H,6,7). The fraction of sp³-hybridized carbons (Fsp3) is 0.238. The Morgan fingerprint density at radius 3 is 2.57 bits per heavy atom. The van der Waals surface area contributed by atoms with Crippen molar-refractivity contribution in [3.8, 4) is 17.3 Å². The molecule has 1 aliphatic rings. The van der Waals surface area contributed by atoms with E-state index in [-0.39, 0.29) is 24.5 Å². The third kappa shape index (κ3) is 4.99. The number of aliphatic carboxylic acids is 1. The number of aromatic amines is 1. The highest BCUT2D eigenvalue weighted by Crippen LogP contribution is 2.37. The Kier molecular flexibility index (Phi) is 6.67. The van der Waals surface area contributed by atoms with E-state index in [1.54, 1.807) is 35.4 Å². The lowest BCUT2D eigenvalue weighted by molar-refractivity contribution is -0.192. The molecule has 0 saturated carbocycles. The van der Waals surface area contributed by atoms with Gasteiger partial charge in [0, 0.05) is 42.6 Å². The maximum Gasteiger partial charge on any atom is 0.490 e. The summed E-state index contributed by atoms with van der Waals surface area (Å²) >= 11 is 0. The number of hydrogen-bond acceptors (Lipinski definition) is 8. The highest BCUT2D eigenvalue weighted by molar-refractivity contribution is 7.89. The lowest BCUT2D eigenvalue weighted by Crippen LogP contribution is -2.64. The number of carboxylic acid groups (broad SMARTS) is 1. The SMILES string of the molecule is N#CCC1(n2cc(-c3ncnc4[nH]ccc34)cn2)CN(S(=O)(=O)c2ccccn2)C1.O=C(O)C(F)(F)F. The first kappa shape index (κ1) is 25.7. The topological polar surface area (TPSA) is 171 Å². The maximum absolute atomic E-state index is 12.8. The van der Waals surface area contributed by atoms with E-state index in [2.05, 4.69) is 31.1 Å². The third-order valence-corrected chi connectivity index (χ3v) is 7.24. The number of fused-ring (bicyclic) bond motifs is 1. The Labute approximate surface area is 207 Å². The fourth-order valence-corrected chi connectivity index (χ4v) is 5.23. The summed E-state index contributed by atoms with van der Waals surface area (Å²) in [5, 5.41) is 21.8. The first-order valence-electron chi connectivity index (χ1n) is 10.4. The molecule has 4 aromatic heterocycles. The van der Waals surface area contributed by atoms with E-state index in [1.165, 1.54) is 22.9 Å². The van der Waals surface area contributed by atoms with Crippen LogP contribution in [0.5, 0.6) is 0 Å². The summed E-state index contributed by atoms with van der Waals surface area (Å²) in [6.07, 6.45) is 3.22. The molecule has 0 amide bonds. The van der Waals surface area contributed by atoms with Crippen molar-refractivity contribution in [1.29, 1.82) is 5.26 Å². The summed E-state index contributed by atoms with van der Waals surface area (Å²) < 4.78 is 60.4. The van der Waals surface area contributed by atoms with Crippen molar-refractivity contribution in [2.75, 3.05) is 13.1 Å². The van der Waals surface area contributed by atoms with Crippen LogP contribution in [0.1, 0.15) is 6.42 Å². The molecule has 192 valence electrons. The van der Waals surface area contributed by atoms with Gasteiger partial charge in [-0.3, -0.25) is 4.68 Å². The monoisotopic (exact) mass is 534 g/mol. The van der Waals surface area contributed by atoms with Crippen LogP contribution in [0.3, 0.4) is 0 Å². The number of sulfonamides is 1. The van der Waals surface area contributed by atoms with E-state index in [9.17, 15) is 26.9 Å². The normalized spacial score (nSPS) is 15.3. The zero-order chi connectivity index (χ0) is 26.8. The van der Waals surface area contributed by atoms with Crippen molar-refractivity contribution in [3.05, 3.63) is 55.4 Å². The Hall–Kier alpha value is -4.36. The van der Waals surface area contributed by atoms with Gasteiger partial charge in [0.15, 0.2) is 5.03 Å². The van der Waals surface area contributed by atoms with Gasteiger partial charge in [0.05, 0.1) is 24.4 Å². The Balaban J connectivity index is 0.000000405. The zero-order valence-corrected chi connectivity index (χ0v) is 19.5. The quantitative estimate of drug-likeness (QED) is 0.389. The Bertz CT molecular complexity index is 1570. The van der Waals surface area contributed by atoms with Gasteiger partial charge in [0.1, 0.15) is 17.5 Å². The average Bonchev–Trinajstić information content (AvgIpc) is 3.51. The molecule has 1 fully saturated rings. The average molecular weight is 534 g/mol. The Morgan fingerprint density at radius 1 is 1.22 bits per heavy atom. The van der Waals surface area contributed by atoms with Gasteiger partial charge in [-0.1, -0.05) is 6.07 Å². The van der Waals surface area contributed by atoms with Crippen molar-refractivity contribution in [3.63, 3.8) is 0 Å². The predicted molar refractivity (Wildman–Crippen MR) is 120 cm³/mol. The molecule has 0 aromatic carbocycles. The fourth-order valence-electron chi connectivity index (χ4n) is 3.70. The smallest absolute Gasteiger partial charge is 0.475 e. The number of nitriles is 1. The third-order valence-electron chi connectivity index (χ3n) is 5.53. The lowest BCUT2D eigenvalue weighted by atomic mass is 9.89. The van der Waals surface area contributed by atoms with Crippen LogP contribution in [-0.4, -0.2) is 72.8 Å². The summed E-state index contributed by atoms with van der Waals surface area (Å²) in [6, 6.07) is 8.81. The Morgan fingerprint density at radius 2 is 1.95 bits per heavy atom. The first-order chi connectivity index (χ1) is 17.5. The summed E-state index contributed by atoms with van der Waals surface area (Å²) in [7, 11) is -3.72. The summed E-state index contributed by atoms with van der Waals surface area (Å²) in [5.74, 6) is -2.76. The van der Waals surface area contributed by atoms with Crippen LogP contribution in [0.15, 0.2) is 60.4 Å². The van der Waals surface area contributed by atoms with Gasteiger partial charge in [-0.15, -0.1) is 0 Å². The number of rotatable bonds is 5. The minimum absolute atomic E-state index is 0.00690. The van der Waals surface area contributed by atoms with Gasteiger partial charge >= 0.3 is 12.1 Å². The number of carbonyl (C=O) groups is 1. The van der Waals surface area contributed by atoms with Gasteiger partial charge in [-0.25, -0.2) is 28.2 Å². The molecule has 0 aliphatic carbocycles. The number of nitrogens with one attached hydrogen (secondary N) is 1. The van der Waals surface area contributed by atoms with E-state index in [0.29, 0.717) is 0 Å². The van der Waals surface area contributed by atoms with E-state index in [4.69, 9.17) is 9.90 Å². The number of pyridine rings is 1. The molecule has 37 heavy (non-hydrogen) atoms. The van der Waals surface area contributed by atoms with E-state index >= 15 is 0 Å². The summed E-state index contributed by atoms with van der Waals surface area (Å²) in [4.78, 5) is 24.4. The van der Waals surface area contributed by atoms with Gasteiger partial charge in [0.25, 0.3) is 10.0 Å². The summed E-state index contributed by atoms with van der Waals surface area (Å²) in [6.45, 7) is 0.286. The molecule has 5 heterocycles. The number of alkyl halides is 3. The molecule has 2 N–H and O–H groups in total. The van der Waals surface area contributed by atoms with Crippen LogP contribution < -0.4 is 0 Å². The number of carboxylic acids is 1. The minimum atomic E-state index is -5.08. The van der Waals surface area contributed by atoms with Crippen molar-refractivity contribution in [2.45, 2.75) is 23.2 Å². The molecule has 0 bridgehead atoms. The second-order valence-electron chi connectivity index (χ2n) is 7.94. The molecule has 0 radical (unpaired) electrons. The minimum Gasteiger partial charge on any atom is -0.475 e. The number of nitrogens with zero attached hydrogens (tertiary/aromatic N) is 7. The first-order valence-corrected chi connectivity index (χ1v) is 11.8. The van der Waals surface area contributed by atoms with Crippen molar-refractivity contribution in [1.82, 2.24) is 34.0 Å². The van der Waals surface area contributed by atoms with Gasteiger partial charge in [-0.2, -0.15) is 27.8 Å². The van der Waals surface area contributed by atoms with E-state index in [0.717, 1.165) is 22.3 Å². The van der Waals surface area contributed by atoms with Crippen LogP contribution in [0.2, 0.25) is 0 Å². The molecule has 0 unspecified atom stereocenters. The molecule has 0 spiro atoms. The molecular formula is C21H17F3N8O4S. The highest BCUT2D eigenvalue weighted by Gasteiger charge is 2.51. The van der Waals surface area contributed by atoms with Crippen LogP contribution in [-0.2, 0) is 20.4 Å². The number of halogens is 3. The second kappa shape index (κ2) is 9.59. The molecule has 1 aliphatic heterocycles. The van der Waals surface area contributed by atoms with Gasteiger partial charge in [-0.05, 0) is 18.2 Å². The van der Waals surface area contributed by atoms with Crippen LogP contribution >= 0.6 is 0 Å². The van der Waals surface area contributed by atoms with E-state index < -0.39 is 27.7 Å². The number of hydrogen-bond donors (Lipinski definition) is 2. The van der Waals surface area contributed by atoms with Gasteiger partial charge < -0.3 is 10.1 Å². The molecule has 5 rings (SSSR count). The highest BCUT2D eigenvalue weighted by atomic mass is 32.2. The second-order valence-corrected chi connectivity index (χ2v) is 9.82. The number of H-pyrrole nitrogens is 1. The maximum atomic E-state index is 12.8. The zero-order valence-electron chi connectivity index (χ0n) is 18.7. The van der Waals surface area contributed by atoms with Crippen LogP contribution in [0, 0.1) is 11.3 Å². The molecule has 16 heteroatoms. The van der Waals surface area contributed by atoms with Crippen molar-refractivity contribution >= 4 is 27.0 Å². The molecule has 0 atom stereocenters. The molecule has 12 nitrogen and oxygen atoms in total. The van der Waals surface area contributed by atoms with Crippen LogP contribution in [0.25, 0.3) is 22.3 Å². The van der Waals surface area contributed by atoms with Crippen molar-refractivity contribution < 1.29 is 31.5 Å². The number of aromatic nitrogens is 6. The summed E-state index contributed by atoms with van der Waals surface area (Å²) in [5.41, 5.74) is 1.47. The molecular weight excluding hydrogens is 517 g/mol. The van der Waals surface area contributed by atoms with Gasteiger partial charge in [0.2, 0.25) is 0 Å². The predicted octanol–water partition coefficient (Wildman–Crippen LogP) is 2.16. The molecule has 4 aromatic rings. The largest absolute Gasteiger partial charge is 0.490 e. The molecule has 1 saturated heterocycles. The lowest BCUT2D eigenvalue weighted by Gasteiger charge is -2.47.